The third kappa shape index (κ3) is 3.20. The Morgan fingerprint density at radius 1 is 1.06 bits per heavy atom. The van der Waals surface area contributed by atoms with Crippen LogP contribution in [0.1, 0.15) is 13.8 Å². The van der Waals surface area contributed by atoms with Crippen LogP contribution in [0.5, 0.6) is 17.2 Å². The first-order valence-corrected chi connectivity index (χ1v) is 5.75. The lowest BCUT2D eigenvalue weighted by atomic mass is 10.1. The van der Waals surface area contributed by atoms with Gasteiger partial charge in [0, 0.05) is 29.9 Å². The van der Waals surface area contributed by atoms with Gasteiger partial charge in [-0.3, -0.25) is 0 Å². The van der Waals surface area contributed by atoms with Crippen LogP contribution < -0.4 is 25.3 Å². The molecule has 0 bridgehead atoms. The third-order valence-corrected chi connectivity index (χ3v) is 2.66. The summed E-state index contributed by atoms with van der Waals surface area (Å²) in [4.78, 5) is 0. The van der Waals surface area contributed by atoms with Crippen molar-refractivity contribution >= 4 is 5.69 Å². The molecule has 1 rings (SSSR count). The van der Waals surface area contributed by atoms with Gasteiger partial charge in [0.25, 0.3) is 0 Å². The average molecular weight is 254 g/mol. The molecule has 0 saturated heterocycles. The minimum Gasteiger partial charge on any atom is -0.493 e. The lowest BCUT2D eigenvalue weighted by Gasteiger charge is -2.26. The van der Waals surface area contributed by atoms with Gasteiger partial charge in [-0.15, -0.1) is 0 Å². The summed E-state index contributed by atoms with van der Waals surface area (Å²) >= 11 is 0. The first kappa shape index (κ1) is 14.4. The summed E-state index contributed by atoms with van der Waals surface area (Å²) in [5.74, 6) is 1.82. The number of hydrogen-bond acceptors (Lipinski definition) is 5. The first-order chi connectivity index (χ1) is 8.47. The molecule has 0 aliphatic rings. The number of benzene rings is 1. The van der Waals surface area contributed by atoms with Crippen LogP contribution in [0, 0.1) is 0 Å². The maximum absolute atomic E-state index is 5.70. The molecule has 0 spiro atoms. The molecule has 0 atom stereocenters. The molecule has 18 heavy (non-hydrogen) atoms. The van der Waals surface area contributed by atoms with E-state index in [2.05, 4.69) is 5.32 Å². The third-order valence-electron chi connectivity index (χ3n) is 2.66. The monoisotopic (exact) mass is 254 g/mol. The van der Waals surface area contributed by atoms with Crippen LogP contribution in [0.3, 0.4) is 0 Å². The Hall–Kier alpha value is -1.62. The largest absolute Gasteiger partial charge is 0.493 e. The molecule has 0 aliphatic heterocycles. The van der Waals surface area contributed by atoms with Gasteiger partial charge in [0.2, 0.25) is 5.75 Å². The second-order valence-corrected chi connectivity index (χ2v) is 4.63. The average Bonchev–Trinajstić information content (AvgIpc) is 2.37. The predicted octanol–water partition coefficient (Wildman–Crippen LogP) is 1.86. The van der Waals surface area contributed by atoms with Crippen LogP contribution in [0.2, 0.25) is 0 Å². The summed E-state index contributed by atoms with van der Waals surface area (Å²) in [6, 6.07) is 3.72. The van der Waals surface area contributed by atoms with E-state index in [1.165, 1.54) is 0 Å². The molecule has 0 unspecified atom stereocenters. The van der Waals surface area contributed by atoms with Crippen LogP contribution in [0.25, 0.3) is 0 Å². The Balaban J connectivity index is 3.15. The Kier molecular flexibility index (Phi) is 4.67. The maximum atomic E-state index is 5.70. The molecule has 0 radical (unpaired) electrons. The molecule has 5 heteroatoms. The number of nitrogens with two attached hydrogens (primary N) is 1. The van der Waals surface area contributed by atoms with Gasteiger partial charge in [-0.25, -0.2) is 0 Å². The van der Waals surface area contributed by atoms with Crippen molar-refractivity contribution in [3.63, 3.8) is 0 Å². The van der Waals surface area contributed by atoms with E-state index < -0.39 is 0 Å². The Morgan fingerprint density at radius 2 is 1.56 bits per heavy atom. The van der Waals surface area contributed by atoms with Crippen molar-refractivity contribution in [2.45, 2.75) is 19.4 Å². The Bertz CT molecular complexity index is 380. The van der Waals surface area contributed by atoms with E-state index in [1.54, 1.807) is 21.3 Å². The van der Waals surface area contributed by atoms with E-state index in [0.29, 0.717) is 23.8 Å². The highest BCUT2D eigenvalue weighted by atomic mass is 16.5. The number of rotatable bonds is 6. The molecular formula is C13H22N2O3. The van der Waals surface area contributed by atoms with Crippen LogP contribution in [-0.2, 0) is 0 Å². The molecule has 1 aromatic carbocycles. The summed E-state index contributed by atoms with van der Waals surface area (Å²) in [6.07, 6.45) is 0. The van der Waals surface area contributed by atoms with Crippen molar-refractivity contribution in [1.82, 2.24) is 0 Å². The molecule has 0 aromatic heterocycles. The van der Waals surface area contributed by atoms with Crippen LogP contribution in [-0.4, -0.2) is 33.4 Å². The van der Waals surface area contributed by atoms with Crippen molar-refractivity contribution in [2.24, 2.45) is 5.73 Å². The molecule has 0 aliphatic carbocycles. The topological polar surface area (TPSA) is 65.7 Å². The van der Waals surface area contributed by atoms with Gasteiger partial charge >= 0.3 is 0 Å². The lowest BCUT2D eigenvalue weighted by Crippen LogP contribution is -2.39. The molecule has 0 amide bonds. The predicted molar refractivity (Wildman–Crippen MR) is 72.9 cm³/mol. The molecule has 102 valence electrons. The second kappa shape index (κ2) is 5.82. The van der Waals surface area contributed by atoms with Gasteiger partial charge in [-0.1, -0.05) is 0 Å². The first-order valence-electron chi connectivity index (χ1n) is 5.75. The normalized spacial score (nSPS) is 11.0. The van der Waals surface area contributed by atoms with Crippen molar-refractivity contribution in [3.05, 3.63) is 12.1 Å². The smallest absolute Gasteiger partial charge is 0.203 e. The standard InChI is InChI=1S/C13H22N2O3/c1-13(2,8-14)15-9-6-10(16-3)12(18-5)11(7-9)17-4/h6-7,15H,8,14H2,1-5H3. The SMILES string of the molecule is COc1cc(NC(C)(C)CN)cc(OC)c1OC. The zero-order valence-corrected chi connectivity index (χ0v) is 11.7. The molecular weight excluding hydrogens is 232 g/mol. The summed E-state index contributed by atoms with van der Waals surface area (Å²) in [6.45, 7) is 4.57. The fourth-order valence-corrected chi connectivity index (χ4v) is 1.60. The fraction of sp³-hybridized carbons (Fsp3) is 0.538. The molecule has 3 N–H and O–H groups in total. The Morgan fingerprint density at radius 3 is 1.89 bits per heavy atom. The van der Waals surface area contributed by atoms with E-state index >= 15 is 0 Å². The quantitative estimate of drug-likeness (QED) is 0.811. The Labute approximate surface area is 108 Å². The fourth-order valence-electron chi connectivity index (χ4n) is 1.60. The zero-order valence-electron chi connectivity index (χ0n) is 11.7. The van der Waals surface area contributed by atoms with Crippen molar-refractivity contribution in [2.75, 3.05) is 33.2 Å². The van der Waals surface area contributed by atoms with Crippen LogP contribution in [0.15, 0.2) is 12.1 Å². The lowest BCUT2D eigenvalue weighted by molar-refractivity contribution is 0.324. The minimum atomic E-state index is -0.204. The zero-order chi connectivity index (χ0) is 13.8. The number of ether oxygens (including phenoxy) is 3. The van der Waals surface area contributed by atoms with E-state index in [4.69, 9.17) is 19.9 Å². The van der Waals surface area contributed by atoms with Crippen LogP contribution in [0.4, 0.5) is 5.69 Å². The van der Waals surface area contributed by atoms with E-state index in [1.807, 2.05) is 26.0 Å². The van der Waals surface area contributed by atoms with Crippen molar-refractivity contribution in [3.8, 4) is 17.2 Å². The summed E-state index contributed by atoms with van der Waals surface area (Å²) < 4.78 is 15.8. The van der Waals surface area contributed by atoms with Gasteiger partial charge in [-0.2, -0.15) is 0 Å². The van der Waals surface area contributed by atoms with Gasteiger partial charge in [0.15, 0.2) is 11.5 Å². The van der Waals surface area contributed by atoms with E-state index in [-0.39, 0.29) is 5.54 Å². The van der Waals surface area contributed by atoms with E-state index in [9.17, 15) is 0 Å². The number of nitrogens with one attached hydrogen (secondary N) is 1. The summed E-state index contributed by atoms with van der Waals surface area (Å²) in [7, 11) is 4.77. The second-order valence-electron chi connectivity index (χ2n) is 4.63. The molecule has 0 heterocycles. The maximum Gasteiger partial charge on any atom is 0.203 e. The number of hydrogen-bond donors (Lipinski definition) is 2. The summed E-state index contributed by atoms with van der Waals surface area (Å²) in [5, 5.41) is 3.33. The van der Waals surface area contributed by atoms with Gasteiger partial charge in [-0.05, 0) is 13.8 Å². The molecule has 5 nitrogen and oxygen atoms in total. The highest BCUT2D eigenvalue weighted by molar-refractivity contribution is 5.63. The minimum absolute atomic E-state index is 0.204. The molecule has 1 aromatic rings. The summed E-state index contributed by atoms with van der Waals surface area (Å²) in [5.41, 5.74) is 6.37. The highest BCUT2D eigenvalue weighted by Gasteiger charge is 2.18. The molecule has 0 saturated carbocycles. The van der Waals surface area contributed by atoms with Gasteiger partial charge < -0.3 is 25.3 Å². The van der Waals surface area contributed by atoms with E-state index in [0.717, 1.165) is 5.69 Å². The van der Waals surface area contributed by atoms with Crippen molar-refractivity contribution in [1.29, 1.82) is 0 Å². The number of anilines is 1. The van der Waals surface area contributed by atoms with Crippen LogP contribution >= 0.6 is 0 Å². The molecule has 0 fully saturated rings. The van der Waals surface area contributed by atoms with Gasteiger partial charge in [0.1, 0.15) is 0 Å². The van der Waals surface area contributed by atoms with Crippen molar-refractivity contribution < 1.29 is 14.2 Å². The highest BCUT2D eigenvalue weighted by Crippen LogP contribution is 2.40. The number of methoxy groups -OCH3 is 3. The van der Waals surface area contributed by atoms with Gasteiger partial charge in [0.05, 0.1) is 21.3 Å².